The summed E-state index contributed by atoms with van der Waals surface area (Å²) in [5.41, 5.74) is 1.36. The van der Waals surface area contributed by atoms with Crippen molar-refractivity contribution in [3.63, 3.8) is 0 Å². The van der Waals surface area contributed by atoms with Crippen molar-refractivity contribution in [1.82, 2.24) is 24.6 Å². The Morgan fingerprint density at radius 1 is 1.18 bits per heavy atom. The Balaban J connectivity index is 1.36. The van der Waals surface area contributed by atoms with Crippen LogP contribution in [0.1, 0.15) is 50.4 Å². The van der Waals surface area contributed by atoms with E-state index in [4.69, 9.17) is 0 Å². The lowest BCUT2D eigenvalue weighted by molar-refractivity contribution is -0.136. The Morgan fingerprint density at radius 3 is 2.54 bits per heavy atom. The summed E-state index contributed by atoms with van der Waals surface area (Å²) in [7, 11) is 1.99. The zero-order valence-corrected chi connectivity index (χ0v) is 17.2. The van der Waals surface area contributed by atoms with Crippen molar-refractivity contribution in [3.8, 4) is 0 Å². The van der Waals surface area contributed by atoms with Gasteiger partial charge < -0.3 is 9.47 Å². The molecule has 2 aromatic rings. The van der Waals surface area contributed by atoms with Crippen LogP contribution in [0, 0.1) is 5.92 Å². The average Bonchev–Trinajstić information content (AvgIpc) is 3.25. The summed E-state index contributed by atoms with van der Waals surface area (Å²) in [4.78, 5) is 17.8. The fraction of sp³-hybridized carbons (Fsp3) is 0.591. The van der Waals surface area contributed by atoms with Crippen LogP contribution >= 0.6 is 0 Å². The predicted octanol–water partition coefficient (Wildman–Crippen LogP) is 2.82. The molecule has 2 aliphatic heterocycles. The molecule has 1 aromatic heterocycles. The van der Waals surface area contributed by atoms with Crippen molar-refractivity contribution >= 4 is 5.91 Å². The molecule has 4 rings (SSSR count). The maximum Gasteiger partial charge on any atom is 0.227 e. The van der Waals surface area contributed by atoms with Gasteiger partial charge in [0.05, 0.1) is 5.92 Å². The number of carbonyl (C=O) groups is 1. The van der Waals surface area contributed by atoms with Crippen molar-refractivity contribution in [1.29, 1.82) is 0 Å². The minimum Gasteiger partial charge on any atom is -0.342 e. The molecule has 150 valence electrons. The molecule has 0 saturated carbocycles. The molecule has 1 amide bonds. The van der Waals surface area contributed by atoms with E-state index >= 15 is 0 Å². The Labute approximate surface area is 167 Å². The minimum absolute atomic E-state index is 0.0487. The van der Waals surface area contributed by atoms with E-state index in [1.165, 1.54) is 5.56 Å². The number of piperidine rings is 1. The fourth-order valence-electron chi connectivity index (χ4n) is 4.84. The Hall–Kier alpha value is -2.21. The lowest BCUT2D eigenvalue weighted by Gasteiger charge is -2.33. The van der Waals surface area contributed by atoms with Crippen molar-refractivity contribution in [2.75, 3.05) is 19.6 Å². The van der Waals surface area contributed by atoms with Crippen LogP contribution in [0.2, 0.25) is 0 Å². The van der Waals surface area contributed by atoms with E-state index < -0.39 is 0 Å². The summed E-state index contributed by atoms with van der Waals surface area (Å²) in [6, 6.07) is 10.6. The molecule has 6 nitrogen and oxygen atoms in total. The van der Waals surface area contributed by atoms with Gasteiger partial charge in [0.2, 0.25) is 5.91 Å². The van der Waals surface area contributed by atoms with Gasteiger partial charge in [0.1, 0.15) is 12.2 Å². The molecule has 28 heavy (non-hydrogen) atoms. The molecule has 2 aliphatic rings. The molecule has 6 heteroatoms. The highest BCUT2D eigenvalue weighted by atomic mass is 16.2. The van der Waals surface area contributed by atoms with Crippen molar-refractivity contribution in [3.05, 3.63) is 48.0 Å². The fourth-order valence-corrected chi connectivity index (χ4v) is 4.84. The summed E-state index contributed by atoms with van der Waals surface area (Å²) in [5.74, 6) is 1.89. The summed E-state index contributed by atoms with van der Waals surface area (Å²) in [6.07, 6.45) is 4.64. The van der Waals surface area contributed by atoms with Crippen LogP contribution in [0.25, 0.3) is 0 Å². The van der Waals surface area contributed by atoms with Crippen LogP contribution in [0.4, 0.5) is 0 Å². The zero-order valence-electron chi connectivity index (χ0n) is 17.2. The maximum atomic E-state index is 13.2. The average molecular weight is 382 g/mol. The molecular formula is C22H31N5O. The van der Waals surface area contributed by atoms with Gasteiger partial charge in [-0.1, -0.05) is 30.3 Å². The van der Waals surface area contributed by atoms with Crippen LogP contribution in [-0.2, 0) is 18.4 Å². The van der Waals surface area contributed by atoms with E-state index in [0.29, 0.717) is 11.8 Å². The maximum absolute atomic E-state index is 13.2. The number of hydrogen-bond donors (Lipinski definition) is 0. The van der Waals surface area contributed by atoms with Gasteiger partial charge in [-0.3, -0.25) is 9.69 Å². The van der Waals surface area contributed by atoms with Crippen LogP contribution in [0.3, 0.4) is 0 Å². The van der Waals surface area contributed by atoms with Gasteiger partial charge in [-0.05, 0) is 38.7 Å². The molecule has 3 heterocycles. The van der Waals surface area contributed by atoms with Crippen LogP contribution in [0.5, 0.6) is 0 Å². The van der Waals surface area contributed by atoms with Crippen molar-refractivity contribution in [2.45, 2.75) is 51.1 Å². The molecule has 1 aromatic carbocycles. The van der Waals surface area contributed by atoms with Crippen molar-refractivity contribution in [2.24, 2.45) is 13.0 Å². The van der Waals surface area contributed by atoms with Crippen molar-refractivity contribution < 1.29 is 4.79 Å². The minimum atomic E-state index is 0.0487. The second-order valence-electron chi connectivity index (χ2n) is 8.98. The molecule has 0 aliphatic carbocycles. The molecule has 0 radical (unpaired) electrons. The third kappa shape index (κ3) is 3.83. The monoisotopic (exact) mass is 381 g/mol. The van der Waals surface area contributed by atoms with Gasteiger partial charge in [-0.2, -0.15) is 0 Å². The van der Waals surface area contributed by atoms with Gasteiger partial charge in [0.15, 0.2) is 0 Å². The molecular weight excluding hydrogens is 350 g/mol. The van der Waals surface area contributed by atoms with Crippen LogP contribution in [-0.4, -0.2) is 55.6 Å². The first kappa shape index (κ1) is 19.1. The number of rotatable bonds is 4. The first-order chi connectivity index (χ1) is 13.4. The first-order valence-corrected chi connectivity index (χ1v) is 10.4. The number of aryl methyl sites for hydroxylation is 1. The lowest BCUT2D eigenvalue weighted by Crippen LogP contribution is -2.42. The van der Waals surface area contributed by atoms with E-state index in [9.17, 15) is 4.79 Å². The lowest BCUT2D eigenvalue weighted by atomic mass is 9.92. The predicted molar refractivity (Wildman–Crippen MR) is 109 cm³/mol. The molecule has 2 saturated heterocycles. The van der Waals surface area contributed by atoms with Crippen LogP contribution in [0.15, 0.2) is 36.7 Å². The molecule has 1 unspecified atom stereocenters. The van der Waals surface area contributed by atoms with E-state index in [0.717, 1.165) is 51.3 Å². The summed E-state index contributed by atoms with van der Waals surface area (Å²) < 4.78 is 2.00. The van der Waals surface area contributed by atoms with Gasteiger partial charge in [-0.15, -0.1) is 10.2 Å². The highest BCUT2D eigenvalue weighted by molar-refractivity contribution is 5.79. The van der Waals surface area contributed by atoms with Gasteiger partial charge in [0, 0.05) is 44.7 Å². The molecule has 1 atom stereocenters. The summed E-state index contributed by atoms with van der Waals surface area (Å²) >= 11 is 0. The number of likely N-dealkylation sites (tertiary alicyclic amines) is 2. The number of carbonyl (C=O) groups excluding carboxylic acids is 1. The highest BCUT2D eigenvalue weighted by Crippen LogP contribution is 2.36. The number of hydrogen-bond acceptors (Lipinski definition) is 4. The van der Waals surface area contributed by atoms with E-state index in [-0.39, 0.29) is 11.5 Å². The number of benzene rings is 1. The van der Waals surface area contributed by atoms with Gasteiger partial charge >= 0.3 is 0 Å². The van der Waals surface area contributed by atoms with E-state index in [1.54, 1.807) is 6.33 Å². The Kier molecular flexibility index (Phi) is 5.23. The molecule has 2 fully saturated rings. The largest absolute Gasteiger partial charge is 0.342 e. The second-order valence-corrected chi connectivity index (χ2v) is 8.98. The SMILES string of the molecule is Cn1cnnc1C1CCN(C(=O)C2CN(Cc3ccccc3)C(C)(C)C2)CC1. The number of amides is 1. The third-order valence-electron chi connectivity index (χ3n) is 6.53. The Morgan fingerprint density at radius 2 is 1.89 bits per heavy atom. The second kappa shape index (κ2) is 7.66. The molecule has 0 bridgehead atoms. The molecule has 0 spiro atoms. The quantitative estimate of drug-likeness (QED) is 0.817. The van der Waals surface area contributed by atoms with E-state index in [1.807, 2.05) is 11.6 Å². The third-order valence-corrected chi connectivity index (χ3v) is 6.53. The topological polar surface area (TPSA) is 54.3 Å². The van der Waals surface area contributed by atoms with Gasteiger partial charge in [0.25, 0.3) is 0 Å². The number of aromatic nitrogens is 3. The Bertz CT molecular complexity index is 807. The summed E-state index contributed by atoms with van der Waals surface area (Å²) in [5, 5.41) is 8.26. The van der Waals surface area contributed by atoms with E-state index in [2.05, 4.69) is 64.2 Å². The normalized spacial score (nSPS) is 23.2. The van der Waals surface area contributed by atoms with Gasteiger partial charge in [-0.25, -0.2) is 0 Å². The standard InChI is InChI=1S/C22H31N5O/c1-22(2)13-19(15-27(22)14-17-7-5-4-6-8-17)21(28)26-11-9-18(10-12-26)20-24-23-16-25(20)3/h4-8,16,18-19H,9-15H2,1-3H3. The van der Waals surface area contributed by atoms with Crippen LogP contribution < -0.4 is 0 Å². The smallest absolute Gasteiger partial charge is 0.227 e. The summed E-state index contributed by atoms with van der Waals surface area (Å²) in [6.45, 7) is 7.95. The molecule has 0 N–H and O–H groups in total. The highest BCUT2D eigenvalue weighted by Gasteiger charge is 2.43. The zero-order chi connectivity index (χ0) is 19.7. The number of nitrogens with zero attached hydrogens (tertiary/aromatic N) is 5. The first-order valence-electron chi connectivity index (χ1n) is 10.4.